The van der Waals surface area contributed by atoms with Crippen molar-refractivity contribution in [2.45, 2.75) is 63.1 Å². The van der Waals surface area contributed by atoms with Gasteiger partial charge in [0.15, 0.2) is 6.10 Å². The smallest absolute Gasteiger partial charge is 0.405 e. The maximum absolute atomic E-state index is 12.6. The largest absolute Gasteiger partial charge is 0.436 e. The Morgan fingerprint density at radius 3 is 2.36 bits per heavy atom. The third-order valence-corrected chi connectivity index (χ3v) is 5.25. The van der Waals surface area contributed by atoms with Gasteiger partial charge in [-0.2, -0.15) is 0 Å². The van der Waals surface area contributed by atoms with E-state index < -0.39 is 41.8 Å². The van der Waals surface area contributed by atoms with Crippen LogP contribution in [0.5, 0.6) is 0 Å². The average molecular weight is 394 g/mol. The van der Waals surface area contributed by atoms with Crippen molar-refractivity contribution in [3.05, 3.63) is 0 Å². The molecule has 3 rings (SSSR count). The van der Waals surface area contributed by atoms with Gasteiger partial charge in [0.1, 0.15) is 0 Å². The lowest BCUT2D eigenvalue weighted by Crippen LogP contribution is -2.52. The molecule has 0 bridgehead atoms. The lowest BCUT2D eigenvalue weighted by atomic mass is 9.95. The number of ketones is 1. The fraction of sp³-hybridized carbons (Fsp3) is 0.722. The first-order chi connectivity index (χ1) is 13.3. The lowest BCUT2D eigenvalue weighted by Gasteiger charge is -2.23. The van der Waals surface area contributed by atoms with E-state index in [0.29, 0.717) is 19.4 Å². The van der Waals surface area contributed by atoms with Gasteiger partial charge in [0, 0.05) is 18.5 Å². The summed E-state index contributed by atoms with van der Waals surface area (Å²) in [7, 11) is 0. The highest BCUT2D eigenvalue weighted by atomic mass is 16.6. The zero-order valence-electron chi connectivity index (χ0n) is 15.6. The van der Waals surface area contributed by atoms with E-state index in [2.05, 4.69) is 16.0 Å². The Bertz CT molecular complexity index is 673. The summed E-state index contributed by atoms with van der Waals surface area (Å²) in [6, 6.07) is -1.18. The summed E-state index contributed by atoms with van der Waals surface area (Å²) in [5.74, 6) is -2.67. The molecule has 28 heavy (non-hydrogen) atoms. The number of carbonyl (C=O) groups excluding carboxylic acids is 5. The van der Waals surface area contributed by atoms with Crippen LogP contribution in [0.1, 0.15) is 44.9 Å². The van der Waals surface area contributed by atoms with Crippen molar-refractivity contribution in [1.29, 1.82) is 0 Å². The quantitative estimate of drug-likeness (QED) is 0.352. The van der Waals surface area contributed by atoms with Crippen molar-refractivity contribution in [1.82, 2.24) is 16.0 Å². The van der Waals surface area contributed by atoms with Crippen LogP contribution in [0.15, 0.2) is 0 Å². The molecule has 1 saturated heterocycles. The van der Waals surface area contributed by atoms with Crippen LogP contribution >= 0.6 is 0 Å². The highest BCUT2D eigenvalue weighted by molar-refractivity contribution is 6.38. The monoisotopic (exact) mass is 394 g/mol. The van der Waals surface area contributed by atoms with Crippen LogP contribution in [0.25, 0.3) is 0 Å². The molecule has 3 atom stereocenters. The summed E-state index contributed by atoms with van der Waals surface area (Å²) in [5.41, 5.74) is 5.05. The molecule has 0 aromatic carbocycles. The predicted octanol–water partition coefficient (Wildman–Crippen LogP) is -0.891. The first kappa shape index (κ1) is 20.1. The van der Waals surface area contributed by atoms with Crippen LogP contribution in [0.2, 0.25) is 0 Å². The second kappa shape index (κ2) is 8.57. The highest BCUT2D eigenvalue weighted by Crippen LogP contribution is 2.34. The van der Waals surface area contributed by atoms with E-state index in [-0.39, 0.29) is 24.3 Å². The molecule has 2 saturated carbocycles. The molecule has 3 fully saturated rings. The van der Waals surface area contributed by atoms with Crippen LogP contribution in [0, 0.1) is 11.8 Å². The standard InChI is InChI=1S/C18H26N4O6/c19-18(27)28-13(7-9-1-2-9)16(25)22-12(8-10-5-6-20-15(10)24)14(23)17(26)21-11-3-4-11/h9-13H,1-8H2,(H2,19,27)(H,20,24)(H,21,26)(H,22,25)/t10-,12?,13-/m0/s1. The van der Waals surface area contributed by atoms with Crippen LogP contribution in [0.3, 0.4) is 0 Å². The van der Waals surface area contributed by atoms with Crippen molar-refractivity contribution < 1.29 is 28.7 Å². The number of hydrogen-bond acceptors (Lipinski definition) is 6. The van der Waals surface area contributed by atoms with E-state index in [1.54, 1.807) is 0 Å². The molecule has 1 heterocycles. The van der Waals surface area contributed by atoms with Crippen LogP contribution < -0.4 is 21.7 Å². The molecule has 0 radical (unpaired) electrons. The predicted molar refractivity (Wildman–Crippen MR) is 95.6 cm³/mol. The summed E-state index contributed by atoms with van der Waals surface area (Å²) < 4.78 is 4.91. The highest BCUT2D eigenvalue weighted by Gasteiger charge is 2.38. The molecule has 5 N–H and O–H groups in total. The van der Waals surface area contributed by atoms with Gasteiger partial charge in [0.2, 0.25) is 11.7 Å². The molecular weight excluding hydrogens is 368 g/mol. The SMILES string of the molecule is NC(=O)O[C@@H](CC1CC1)C(=O)NC(C[C@@H]1CCNC1=O)C(=O)C(=O)NC1CC1. The Hall–Kier alpha value is -2.65. The molecule has 10 nitrogen and oxygen atoms in total. The van der Waals surface area contributed by atoms with Gasteiger partial charge < -0.3 is 26.4 Å². The zero-order chi connectivity index (χ0) is 20.3. The molecular formula is C18H26N4O6. The maximum atomic E-state index is 12.6. The molecule has 10 heteroatoms. The van der Waals surface area contributed by atoms with Crippen molar-refractivity contribution >= 4 is 29.6 Å². The van der Waals surface area contributed by atoms with Gasteiger partial charge in [0.05, 0.1) is 6.04 Å². The third-order valence-electron chi connectivity index (χ3n) is 5.25. The van der Waals surface area contributed by atoms with Crippen molar-refractivity contribution in [3.8, 4) is 0 Å². The minimum atomic E-state index is -1.17. The van der Waals surface area contributed by atoms with Gasteiger partial charge in [0.25, 0.3) is 11.8 Å². The second-order valence-electron chi connectivity index (χ2n) is 7.79. The van der Waals surface area contributed by atoms with E-state index in [1.807, 2.05) is 0 Å². The Labute approximate surface area is 162 Å². The topological polar surface area (TPSA) is 157 Å². The fourth-order valence-electron chi connectivity index (χ4n) is 3.30. The van der Waals surface area contributed by atoms with Crippen LogP contribution in [-0.4, -0.2) is 54.3 Å². The molecule has 154 valence electrons. The van der Waals surface area contributed by atoms with Gasteiger partial charge in [-0.05, 0) is 38.0 Å². The summed E-state index contributed by atoms with van der Waals surface area (Å²) in [4.78, 5) is 60.5. The zero-order valence-corrected chi connectivity index (χ0v) is 15.6. The summed E-state index contributed by atoms with van der Waals surface area (Å²) >= 11 is 0. The van der Waals surface area contributed by atoms with Gasteiger partial charge in [-0.1, -0.05) is 12.8 Å². The number of amides is 4. The lowest BCUT2D eigenvalue weighted by molar-refractivity contribution is -0.142. The summed E-state index contributed by atoms with van der Waals surface area (Å²) in [5, 5.41) is 7.79. The fourth-order valence-corrected chi connectivity index (χ4v) is 3.30. The summed E-state index contributed by atoms with van der Waals surface area (Å²) in [6.45, 7) is 0.488. The molecule has 1 unspecified atom stereocenters. The van der Waals surface area contributed by atoms with Gasteiger partial charge in [-0.25, -0.2) is 4.79 Å². The normalized spacial score (nSPS) is 23.3. The van der Waals surface area contributed by atoms with E-state index in [9.17, 15) is 24.0 Å². The van der Waals surface area contributed by atoms with E-state index in [0.717, 1.165) is 25.7 Å². The minimum Gasteiger partial charge on any atom is -0.436 e. The molecule has 4 amide bonds. The first-order valence-electron chi connectivity index (χ1n) is 9.72. The molecule has 0 aromatic heterocycles. The van der Waals surface area contributed by atoms with E-state index in [4.69, 9.17) is 10.5 Å². The number of primary amides is 1. The Morgan fingerprint density at radius 1 is 1.11 bits per heavy atom. The van der Waals surface area contributed by atoms with Gasteiger partial charge in [-0.15, -0.1) is 0 Å². The molecule has 3 aliphatic rings. The summed E-state index contributed by atoms with van der Waals surface area (Å²) in [6.07, 6.45) is 2.14. The Balaban J connectivity index is 1.67. The molecule has 0 aromatic rings. The van der Waals surface area contributed by atoms with Gasteiger partial charge in [-0.3, -0.25) is 19.2 Å². The maximum Gasteiger partial charge on any atom is 0.405 e. The molecule has 0 spiro atoms. The number of nitrogens with two attached hydrogens (primary N) is 1. The average Bonchev–Trinajstić information content (AvgIpc) is 3.55. The minimum absolute atomic E-state index is 0.0107. The van der Waals surface area contributed by atoms with Crippen molar-refractivity contribution in [2.75, 3.05) is 6.54 Å². The molecule has 2 aliphatic carbocycles. The first-order valence-corrected chi connectivity index (χ1v) is 9.72. The van der Waals surface area contributed by atoms with Crippen LogP contribution in [-0.2, 0) is 23.9 Å². The number of rotatable bonds is 10. The number of Topliss-reactive ketones (excluding diaryl/α,β-unsaturated/α-hetero) is 1. The van der Waals surface area contributed by atoms with Crippen molar-refractivity contribution in [3.63, 3.8) is 0 Å². The van der Waals surface area contributed by atoms with Crippen molar-refractivity contribution in [2.24, 2.45) is 17.6 Å². The Morgan fingerprint density at radius 2 is 1.82 bits per heavy atom. The second-order valence-corrected chi connectivity index (χ2v) is 7.79. The number of carbonyl (C=O) groups is 5. The van der Waals surface area contributed by atoms with Crippen LogP contribution in [0.4, 0.5) is 4.79 Å². The van der Waals surface area contributed by atoms with E-state index in [1.165, 1.54) is 0 Å². The Kier molecular flexibility index (Phi) is 6.15. The number of nitrogens with one attached hydrogen (secondary N) is 3. The number of ether oxygens (including phenoxy) is 1. The van der Waals surface area contributed by atoms with E-state index >= 15 is 0 Å². The third kappa shape index (κ3) is 5.67. The number of hydrogen-bond donors (Lipinski definition) is 4. The molecule has 1 aliphatic heterocycles. The van der Waals surface area contributed by atoms with Gasteiger partial charge >= 0.3 is 6.09 Å².